The van der Waals surface area contributed by atoms with E-state index in [-0.39, 0.29) is 12.1 Å². The number of aliphatic hydroxyl groups is 1. The first-order valence-electron chi connectivity index (χ1n) is 7.76. The van der Waals surface area contributed by atoms with Crippen LogP contribution in [0.2, 0.25) is 0 Å². The average Bonchev–Trinajstić information content (AvgIpc) is 3.13. The average molecular weight is 320 g/mol. The Kier molecular flexibility index (Phi) is 5.81. The zero-order chi connectivity index (χ0) is 16.8. The Labute approximate surface area is 135 Å². The van der Waals surface area contributed by atoms with E-state index in [0.29, 0.717) is 18.7 Å². The van der Waals surface area contributed by atoms with E-state index < -0.39 is 6.10 Å². The van der Waals surface area contributed by atoms with Crippen LogP contribution in [-0.2, 0) is 20.0 Å². The number of hydrogen-bond donors (Lipinski definition) is 3. The van der Waals surface area contributed by atoms with Crippen LogP contribution in [0.3, 0.4) is 0 Å². The van der Waals surface area contributed by atoms with E-state index in [1.165, 1.54) is 6.26 Å². The number of aliphatic hydroxyl groups excluding tert-OH is 1. The predicted molar refractivity (Wildman–Crippen MR) is 85.7 cm³/mol. The third-order valence-corrected chi connectivity index (χ3v) is 3.59. The first-order valence-corrected chi connectivity index (χ1v) is 7.76. The van der Waals surface area contributed by atoms with Gasteiger partial charge in [0.15, 0.2) is 0 Å². The first kappa shape index (κ1) is 17.1. The molecule has 2 amide bonds. The molecule has 0 aromatic carbocycles. The van der Waals surface area contributed by atoms with Crippen LogP contribution >= 0.6 is 0 Å². The van der Waals surface area contributed by atoms with E-state index in [0.717, 1.165) is 17.7 Å². The third kappa shape index (κ3) is 4.85. The molecule has 7 heteroatoms. The summed E-state index contributed by atoms with van der Waals surface area (Å²) in [5, 5.41) is 20.0. The Morgan fingerprint density at radius 1 is 1.52 bits per heavy atom. The summed E-state index contributed by atoms with van der Waals surface area (Å²) in [5.41, 5.74) is 1.99. The summed E-state index contributed by atoms with van der Waals surface area (Å²) in [7, 11) is 1.86. The molecule has 23 heavy (non-hydrogen) atoms. The molecule has 2 aromatic heterocycles. The lowest BCUT2D eigenvalue weighted by molar-refractivity contribution is 0.129. The van der Waals surface area contributed by atoms with Crippen LogP contribution in [-0.4, -0.2) is 27.0 Å². The molecule has 0 aliphatic carbocycles. The zero-order valence-electron chi connectivity index (χ0n) is 13.7. The highest BCUT2D eigenvalue weighted by Crippen LogP contribution is 2.18. The molecular weight excluding hydrogens is 296 g/mol. The largest absolute Gasteiger partial charge is 0.467 e. The molecule has 0 aliphatic rings. The van der Waals surface area contributed by atoms with Gasteiger partial charge in [-0.1, -0.05) is 6.92 Å². The van der Waals surface area contributed by atoms with Crippen molar-refractivity contribution in [3.8, 4) is 0 Å². The predicted octanol–water partition coefficient (Wildman–Crippen LogP) is 1.89. The summed E-state index contributed by atoms with van der Waals surface area (Å²) >= 11 is 0. The molecule has 2 aromatic rings. The summed E-state index contributed by atoms with van der Waals surface area (Å²) in [6.07, 6.45) is 3.90. The fraction of sp³-hybridized carbons (Fsp3) is 0.500. The number of furan rings is 1. The van der Waals surface area contributed by atoms with Crippen LogP contribution in [0, 0.1) is 0 Å². The highest BCUT2D eigenvalue weighted by Gasteiger charge is 2.16. The second kappa shape index (κ2) is 7.82. The van der Waals surface area contributed by atoms with Gasteiger partial charge in [0, 0.05) is 37.8 Å². The van der Waals surface area contributed by atoms with E-state index in [1.54, 1.807) is 16.8 Å². The lowest BCUT2D eigenvalue weighted by Gasteiger charge is -2.17. The van der Waals surface area contributed by atoms with E-state index in [1.807, 2.05) is 27.1 Å². The van der Waals surface area contributed by atoms with Gasteiger partial charge in [0.2, 0.25) is 0 Å². The molecule has 0 saturated carbocycles. The molecule has 0 aliphatic heterocycles. The smallest absolute Gasteiger partial charge is 0.315 e. The van der Waals surface area contributed by atoms with Gasteiger partial charge in [0.05, 0.1) is 12.0 Å². The molecule has 2 unspecified atom stereocenters. The van der Waals surface area contributed by atoms with Gasteiger partial charge in [-0.25, -0.2) is 4.79 Å². The van der Waals surface area contributed by atoms with Gasteiger partial charge in [-0.3, -0.25) is 4.68 Å². The summed E-state index contributed by atoms with van der Waals surface area (Å²) < 4.78 is 6.89. The summed E-state index contributed by atoms with van der Waals surface area (Å²) in [6, 6.07) is 2.99. The van der Waals surface area contributed by atoms with Gasteiger partial charge in [0.1, 0.15) is 11.9 Å². The van der Waals surface area contributed by atoms with Crippen LogP contribution in [0.5, 0.6) is 0 Å². The molecule has 3 N–H and O–H groups in total. The minimum absolute atomic E-state index is 0.186. The maximum absolute atomic E-state index is 11.9. The molecule has 2 rings (SSSR count). The molecule has 0 bridgehead atoms. The van der Waals surface area contributed by atoms with Crippen molar-refractivity contribution in [3.05, 3.63) is 41.6 Å². The first-order chi connectivity index (χ1) is 11.0. The Morgan fingerprint density at radius 3 is 2.96 bits per heavy atom. The van der Waals surface area contributed by atoms with Crippen LogP contribution in [0.25, 0.3) is 0 Å². The van der Waals surface area contributed by atoms with Gasteiger partial charge in [0.25, 0.3) is 0 Å². The number of nitrogens with zero attached hydrogens (tertiary/aromatic N) is 2. The van der Waals surface area contributed by atoms with Gasteiger partial charge in [-0.15, -0.1) is 0 Å². The summed E-state index contributed by atoms with van der Waals surface area (Å²) in [6.45, 7) is 4.30. The van der Waals surface area contributed by atoms with E-state index in [9.17, 15) is 9.90 Å². The monoisotopic (exact) mass is 320 g/mol. The van der Waals surface area contributed by atoms with Crippen molar-refractivity contribution in [1.82, 2.24) is 20.4 Å². The van der Waals surface area contributed by atoms with Crippen molar-refractivity contribution < 1.29 is 14.3 Å². The maximum Gasteiger partial charge on any atom is 0.315 e. The quantitative estimate of drug-likeness (QED) is 0.726. The Bertz CT molecular complexity index is 621. The van der Waals surface area contributed by atoms with Gasteiger partial charge < -0.3 is 20.2 Å². The Morgan fingerprint density at radius 2 is 2.30 bits per heavy atom. The fourth-order valence-electron chi connectivity index (χ4n) is 2.47. The van der Waals surface area contributed by atoms with Crippen LogP contribution in [0.15, 0.2) is 29.0 Å². The number of aryl methyl sites for hydroxylation is 2. The molecule has 0 radical (unpaired) electrons. The van der Waals surface area contributed by atoms with Crippen molar-refractivity contribution in [2.45, 2.75) is 45.4 Å². The normalized spacial score (nSPS) is 13.6. The number of carbonyl (C=O) groups excluding carboxylic acids is 1. The molecule has 2 heterocycles. The van der Waals surface area contributed by atoms with Crippen molar-refractivity contribution in [1.29, 1.82) is 0 Å². The number of amides is 2. The second-order valence-corrected chi connectivity index (χ2v) is 5.62. The topological polar surface area (TPSA) is 92.3 Å². The number of urea groups is 1. The SMILES string of the molecule is CCc1nn(C)cc1CNC(=O)NC(C)CC(O)c1ccco1. The third-order valence-electron chi connectivity index (χ3n) is 3.59. The standard InChI is InChI=1S/C16H24N4O3/c1-4-13-12(10-20(3)19-13)9-17-16(22)18-11(2)8-14(21)15-6-5-7-23-15/h5-7,10-11,14,21H,4,8-9H2,1-3H3,(H2,17,18,22). The lowest BCUT2D eigenvalue weighted by atomic mass is 10.1. The van der Waals surface area contributed by atoms with Crippen LogP contribution < -0.4 is 10.6 Å². The highest BCUT2D eigenvalue weighted by molar-refractivity contribution is 5.74. The zero-order valence-corrected chi connectivity index (χ0v) is 13.7. The van der Waals surface area contributed by atoms with Crippen molar-refractivity contribution in [2.75, 3.05) is 0 Å². The highest BCUT2D eigenvalue weighted by atomic mass is 16.4. The summed E-state index contributed by atoms with van der Waals surface area (Å²) in [5.74, 6) is 0.502. The number of nitrogens with one attached hydrogen (secondary N) is 2. The number of hydrogen-bond acceptors (Lipinski definition) is 4. The fourth-order valence-corrected chi connectivity index (χ4v) is 2.47. The molecule has 0 spiro atoms. The van der Waals surface area contributed by atoms with Gasteiger partial charge >= 0.3 is 6.03 Å². The Balaban J connectivity index is 1.77. The van der Waals surface area contributed by atoms with Crippen molar-refractivity contribution in [2.24, 2.45) is 7.05 Å². The van der Waals surface area contributed by atoms with E-state index in [4.69, 9.17) is 4.42 Å². The van der Waals surface area contributed by atoms with E-state index in [2.05, 4.69) is 15.7 Å². The maximum atomic E-state index is 11.9. The second-order valence-electron chi connectivity index (χ2n) is 5.62. The van der Waals surface area contributed by atoms with Crippen molar-refractivity contribution in [3.63, 3.8) is 0 Å². The molecule has 0 saturated heterocycles. The minimum Gasteiger partial charge on any atom is -0.467 e. The Hall–Kier alpha value is -2.28. The van der Waals surface area contributed by atoms with Gasteiger partial charge in [-0.05, 0) is 25.5 Å². The summed E-state index contributed by atoms with van der Waals surface area (Å²) in [4.78, 5) is 11.9. The van der Waals surface area contributed by atoms with Gasteiger partial charge in [-0.2, -0.15) is 5.10 Å². The van der Waals surface area contributed by atoms with Crippen LogP contribution in [0.1, 0.15) is 43.4 Å². The molecule has 126 valence electrons. The molecule has 7 nitrogen and oxygen atoms in total. The number of carbonyl (C=O) groups is 1. The molecule has 2 atom stereocenters. The molecule has 0 fully saturated rings. The minimum atomic E-state index is -0.731. The number of rotatable bonds is 7. The molecular formula is C16H24N4O3. The lowest BCUT2D eigenvalue weighted by Crippen LogP contribution is -2.41. The number of aromatic nitrogens is 2. The van der Waals surface area contributed by atoms with E-state index >= 15 is 0 Å². The van der Waals surface area contributed by atoms with Crippen molar-refractivity contribution >= 4 is 6.03 Å². The van der Waals surface area contributed by atoms with Crippen LogP contribution in [0.4, 0.5) is 4.79 Å².